The third kappa shape index (κ3) is 3.36. The van der Waals surface area contributed by atoms with Crippen molar-refractivity contribution in [2.45, 2.75) is 50.2 Å². The minimum atomic E-state index is -0.120. The molecule has 2 heterocycles. The zero-order valence-electron chi connectivity index (χ0n) is 17.5. The summed E-state index contributed by atoms with van der Waals surface area (Å²) in [6, 6.07) is 11.1. The topological polar surface area (TPSA) is 65.1 Å². The number of Topliss-reactive ketones (excluding diaryl/α,β-unsaturated/α-hetero) is 1. The van der Waals surface area contributed by atoms with Crippen LogP contribution in [0.15, 0.2) is 57.0 Å². The van der Waals surface area contributed by atoms with Gasteiger partial charge < -0.3 is 4.42 Å². The van der Waals surface area contributed by atoms with Crippen molar-refractivity contribution in [1.82, 2.24) is 9.55 Å². The number of aromatic nitrogens is 2. The number of rotatable bonds is 6. The van der Waals surface area contributed by atoms with Crippen LogP contribution in [0, 0.1) is 23.2 Å². The lowest BCUT2D eigenvalue weighted by atomic mass is 9.48. The highest BCUT2D eigenvalue weighted by molar-refractivity contribution is 7.99. The summed E-state index contributed by atoms with van der Waals surface area (Å²) >= 11 is 1.42. The molecule has 0 amide bonds. The van der Waals surface area contributed by atoms with Crippen LogP contribution in [-0.2, 0) is 11.3 Å². The molecule has 0 atom stereocenters. The van der Waals surface area contributed by atoms with Crippen LogP contribution in [-0.4, -0.2) is 21.1 Å². The third-order valence-corrected chi connectivity index (χ3v) is 8.66. The lowest BCUT2D eigenvalue weighted by Gasteiger charge is -2.56. The smallest absolute Gasteiger partial charge is 0.262 e. The molecule has 0 unspecified atom stereocenters. The van der Waals surface area contributed by atoms with E-state index in [0.29, 0.717) is 39.9 Å². The van der Waals surface area contributed by atoms with Gasteiger partial charge in [-0.3, -0.25) is 14.2 Å². The average molecular weight is 435 g/mol. The maximum Gasteiger partial charge on any atom is 0.262 e. The fraction of sp³-hybridized carbons (Fsp3) is 0.480. The first-order chi connectivity index (χ1) is 15.1. The molecule has 4 saturated carbocycles. The van der Waals surface area contributed by atoms with Gasteiger partial charge in [0.25, 0.3) is 5.56 Å². The van der Waals surface area contributed by atoms with Crippen LogP contribution in [0.25, 0.3) is 10.9 Å². The van der Waals surface area contributed by atoms with Crippen molar-refractivity contribution < 1.29 is 9.21 Å². The number of hydrogen-bond acceptors (Lipinski definition) is 5. The van der Waals surface area contributed by atoms with Gasteiger partial charge in [-0.2, -0.15) is 0 Å². The molecule has 0 N–H and O–H groups in total. The molecule has 3 aromatic rings. The van der Waals surface area contributed by atoms with E-state index in [4.69, 9.17) is 9.40 Å². The molecule has 4 aliphatic rings. The molecule has 160 valence electrons. The van der Waals surface area contributed by atoms with Crippen molar-refractivity contribution in [2.24, 2.45) is 23.2 Å². The normalized spacial score (nSPS) is 29.0. The first-order valence-corrected chi connectivity index (χ1v) is 12.3. The summed E-state index contributed by atoms with van der Waals surface area (Å²) < 4.78 is 7.14. The van der Waals surface area contributed by atoms with Crippen molar-refractivity contribution in [3.8, 4) is 0 Å². The Kier molecular flexibility index (Phi) is 4.60. The third-order valence-electron chi connectivity index (χ3n) is 7.68. The predicted octanol–water partition coefficient (Wildman–Crippen LogP) is 4.92. The minimum Gasteiger partial charge on any atom is -0.467 e. The summed E-state index contributed by atoms with van der Waals surface area (Å²) in [6.07, 6.45) is 8.81. The van der Waals surface area contributed by atoms with Crippen LogP contribution < -0.4 is 5.56 Å². The Morgan fingerprint density at radius 2 is 1.77 bits per heavy atom. The standard InChI is InChI=1S/C25H26N2O3S/c28-22(25-11-16-8-17(12-25)10-18(9-16)13-25)15-31-24-26-21-6-2-1-5-20(21)23(29)27(24)14-19-4-3-7-30-19/h1-7,16-18H,8-15H2. The minimum absolute atomic E-state index is 0.0910. The quantitative estimate of drug-likeness (QED) is 0.407. The van der Waals surface area contributed by atoms with Crippen LogP contribution in [0.4, 0.5) is 0 Å². The van der Waals surface area contributed by atoms with Crippen LogP contribution in [0.1, 0.15) is 44.3 Å². The molecule has 4 fully saturated rings. The SMILES string of the molecule is O=C(CSc1nc2ccccc2c(=O)n1Cc1ccco1)C12CC3CC(CC(C3)C1)C2. The molecule has 0 spiro atoms. The number of ketones is 1. The van der Waals surface area contributed by atoms with E-state index in [2.05, 4.69) is 0 Å². The Balaban J connectivity index is 1.30. The number of furan rings is 1. The lowest BCUT2D eigenvalue weighted by Crippen LogP contribution is -2.50. The fourth-order valence-corrected chi connectivity index (χ4v) is 7.72. The Morgan fingerprint density at radius 1 is 1.06 bits per heavy atom. The van der Waals surface area contributed by atoms with Gasteiger partial charge in [-0.05, 0) is 80.5 Å². The van der Waals surface area contributed by atoms with Crippen molar-refractivity contribution >= 4 is 28.4 Å². The van der Waals surface area contributed by atoms with Crippen molar-refractivity contribution in [3.63, 3.8) is 0 Å². The molecule has 31 heavy (non-hydrogen) atoms. The number of carbonyl (C=O) groups is 1. The molecule has 0 aliphatic heterocycles. The number of para-hydroxylation sites is 1. The molecule has 4 aliphatic carbocycles. The molecular weight excluding hydrogens is 408 g/mol. The molecule has 6 heteroatoms. The number of fused-ring (bicyclic) bond motifs is 1. The molecule has 4 bridgehead atoms. The largest absolute Gasteiger partial charge is 0.467 e. The Labute approximate surface area is 185 Å². The second kappa shape index (κ2) is 7.37. The summed E-state index contributed by atoms with van der Waals surface area (Å²) in [6.45, 7) is 0.317. The van der Waals surface area contributed by atoms with Crippen LogP contribution in [0.5, 0.6) is 0 Å². The van der Waals surface area contributed by atoms with E-state index in [-0.39, 0.29) is 11.0 Å². The fourth-order valence-electron chi connectivity index (χ4n) is 6.69. The van der Waals surface area contributed by atoms with E-state index in [0.717, 1.165) is 37.0 Å². The number of carbonyl (C=O) groups excluding carboxylic acids is 1. The Bertz CT molecular complexity index is 1160. The van der Waals surface area contributed by atoms with E-state index in [1.165, 1.54) is 31.0 Å². The van der Waals surface area contributed by atoms with Crippen LogP contribution in [0.3, 0.4) is 0 Å². The van der Waals surface area contributed by atoms with Crippen molar-refractivity contribution in [3.05, 3.63) is 58.8 Å². The van der Waals surface area contributed by atoms with E-state index in [1.54, 1.807) is 16.9 Å². The molecule has 2 aromatic heterocycles. The van der Waals surface area contributed by atoms with Crippen LogP contribution in [0.2, 0.25) is 0 Å². The summed E-state index contributed by atoms with van der Waals surface area (Å²) in [4.78, 5) is 31.5. The van der Waals surface area contributed by atoms with Gasteiger partial charge in [0.1, 0.15) is 11.5 Å². The second-order valence-electron chi connectivity index (χ2n) is 9.79. The molecule has 7 rings (SSSR count). The summed E-state index contributed by atoms with van der Waals surface area (Å²) in [5.74, 6) is 3.69. The highest BCUT2D eigenvalue weighted by atomic mass is 32.2. The Morgan fingerprint density at radius 3 is 2.45 bits per heavy atom. The van der Waals surface area contributed by atoms with Gasteiger partial charge in [-0.25, -0.2) is 4.98 Å². The first kappa shape index (κ1) is 19.4. The van der Waals surface area contributed by atoms with E-state index < -0.39 is 0 Å². The van der Waals surface area contributed by atoms with E-state index in [9.17, 15) is 9.59 Å². The number of benzene rings is 1. The zero-order chi connectivity index (χ0) is 21.0. The maximum atomic E-state index is 13.5. The maximum absolute atomic E-state index is 13.5. The number of hydrogen-bond donors (Lipinski definition) is 0. The summed E-state index contributed by atoms with van der Waals surface area (Å²) in [5.41, 5.74) is 0.463. The van der Waals surface area contributed by atoms with Gasteiger partial charge >= 0.3 is 0 Å². The molecule has 5 nitrogen and oxygen atoms in total. The molecule has 0 radical (unpaired) electrons. The van der Waals surface area contributed by atoms with Gasteiger partial charge in [-0.1, -0.05) is 23.9 Å². The summed E-state index contributed by atoms with van der Waals surface area (Å²) in [7, 11) is 0. The molecule has 1 aromatic carbocycles. The average Bonchev–Trinajstić information content (AvgIpc) is 3.26. The van der Waals surface area contributed by atoms with Crippen LogP contribution >= 0.6 is 11.8 Å². The van der Waals surface area contributed by atoms with Crippen molar-refractivity contribution in [1.29, 1.82) is 0 Å². The highest BCUT2D eigenvalue weighted by Crippen LogP contribution is 2.60. The van der Waals surface area contributed by atoms with Gasteiger partial charge in [0.05, 0.1) is 29.5 Å². The zero-order valence-corrected chi connectivity index (χ0v) is 18.3. The number of nitrogens with zero attached hydrogens (tertiary/aromatic N) is 2. The van der Waals surface area contributed by atoms with Crippen molar-refractivity contribution in [2.75, 3.05) is 5.75 Å². The Hall–Kier alpha value is -2.34. The predicted molar refractivity (Wildman–Crippen MR) is 120 cm³/mol. The van der Waals surface area contributed by atoms with Gasteiger partial charge in [0.2, 0.25) is 0 Å². The highest BCUT2D eigenvalue weighted by Gasteiger charge is 2.54. The number of thioether (sulfide) groups is 1. The second-order valence-corrected chi connectivity index (χ2v) is 10.7. The lowest BCUT2D eigenvalue weighted by molar-refractivity contribution is -0.141. The van der Waals surface area contributed by atoms with E-state index in [1.807, 2.05) is 30.3 Å². The monoisotopic (exact) mass is 434 g/mol. The van der Waals surface area contributed by atoms with Gasteiger partial charge in [0.15, 0.2) is 5.16 Å². The molecular formula is C25H26N2O3S. The van der Waals surface area contributed by atoms with Gasteiger partial charge in [0, 0.05) is 5.41 Å². The molecule has 0 saturated heterocycles. The first-order valence-electron chi connectivity index (χ1n) is 11.3. The van der Waals surface area contributed by atoms with E-state index >= 15 is 0 Å². The van der Waals surface area contributed by atoms with Gasteiger partial charge in [-0.15, -0.1) is 0 Å². The summed E-state index contributed by atoms with van der Waals surface area (Å²) in [5, 5.41) is 1.18.